The molecule has 1 aromatic carbocycles. The number of carbonyl (C=O) groups is 2. The maximum absolute atomic E-state index is 12.8. The second kappa shape index (κ2) is 7.78. The Balaban J connectivity index is 3.11. The summed E-state index contributed by atoms with van der Waals surface area (Å²) in [5, 5.41) is 0. The lowest BCUT2D eigenvalue weighted by molar-refractivity contribution is 0.0344. The van der Waals surface area contributed by atoms with E-state index in [4.69, 9.17) is 4.74 Å². The standard InChI is InChI=1S/C18H24O4/c1-7-8-15(22-18(20)21-6)14(5)17(19)16-12(3)9-11(2)10-13(16)4/h7-10,14-15H,1-6H3/b8-7+/t14-,15+/m1/s1. The molecule has 0 saturated carbocycles. The number of Topliss-reactive ketones (excluding diaryl/α,β-unsaturated/α-hetero) is 1. The Bertz CT molecular complexity index is 564. The van der Waals surface area contributed by atoms with E-state index in [1.165, 1.54) is 7.11 Å². The second-order valence-electron chi connectivity index (χ2n) is 5.49. The van der Waals surface area contributed by atoms with E-state index >= 15 is 0 Å². The molecular weight excluding hydrogens is 280 g/mol. The zero-order valence-corrected chi connectivity index (χ0v) is 14.1. The molecule has 4 nitrogen and oxygen atoms in total. The van der Waals surface area contributed by atoms with Crippen LogP contribution in [-0.4, -0.2) is 25.2 Å². The third-order valence-electron chi connectivity index (χ3n) is 3.61. The van der Waals surface area contributed by atoms with Crippen LogP contribution in [0.1, 0.15) is 40.9 Å². The summed E-state index contributed by atoms with van der Waals surface area (Å²) in [6.45, 7) is 9.42. The fraction of sp³-hybridized carbons (Fsp3) is 0.444. The van der Waals surface area contributed by atoms with Crippen molar-refractivity contribution in [2.75, 3.05) is 7.11 Å². The normalized spacial score (nSPS) is 13.7. The van der Waals surface area contributed by atoms with E-state index in [1.54, 1.807) is 19.1 Å². The van der Waals surface area contributed by atoms with E-state index in [1.807, 2.05) is 39.8 Å². The highest BCUT2D eigenvalue weighted by atomic mass is 16.7. The number of ether oxygens (including phenoxy) is 2. The van der Waals surface area contributed by atoms with Gasteiger partial charge in [-0.1, -0.05) is 30.7 Å². The summed E-state index contributed by atoms with van der Waals surface area (Å²) in [6, 6.07) is 3.97. The molecule has 22 heavy (non-hydrogen) atoms. The molecule has 0 unspecified atom stereocenters. The zero-order chi connectivity index (χ0) is 16.9. The third-order valence-corrected chi connectivity index (χ3v) is 3.61. The van der Waals surface area contributed by atoms with Crippen LogP contribution in [0.3, 0.4) is 0 Å². The third kappa shape index (κ3) is 4.20. The molecule has 0 fully saturated rings. The van der Waals surface area contributed by atoms with Crippen molar-refractivity contribution in [1.82, 2.24) is 0 Å². The van der Waals surface area contributed by atoms with Gasteiger partial charge >= 0.3 is 6.16 Å². The van der Waals surface area contributed by atoms with Crippen molar-refractivity contribution in [2.24, 2.45) is 5.92 Å². The highest BCUT2D eigenvalue weighted by molar-refractivity contribution is 6.00. The first-order valence-corrected chi connectivity index (χ1v) is 7.31. The Morgan fingerprint density at radius 1 is 1.14 bits per heavy atom. The van der Waals surface area contributed by atoms with Crippen LogP contribution in [0.15, 0.2) is 24.3 Å². The predicted octanol–water partition coefficient (Wildman–Crippen LogP) is 4.16. The Kier molecular flexibility index (Phi) is 6.35. The first-order chi connectivity index (χ1) is 10.3. The molecule has 0 bridgehead atoms. The smallest absolute Gasteiger partial charge is 0.438 e. The number of aryl methyl sites for hydroxylation is 3. The number of carbonyl (C=O) groups excluding carboxylic acids is 2. The summed E-state index contributed by atoms with van der Waals surface area (Å²) in [6.07, 6.45) is 2.01. The molecule has 0 aliphatic carbocycles. The first-order valence-electron chi connectivity index (χ1n) is 7.31. The largest absolute Gasteiger partial charge is 0.508 e. The number of allylic oxidation sites excluding steroid dienone is 1. The van der Waals surface area contributed by atoms with Crippen LogP contribution in [0.5, 0.6) is 0 Å². The van der Waals surface area contributed by atoms with Crippen molar-refractivity contribution < 1.29 is 19.1 Å². The Morgan fingerprint density at radius 2 is 1.68 bits per heavy atom. The van der Waals surface area contributed by atoms with Gasteiger partial charge in [0.2, 0.25) is 0 Å². The molecule has 4 heteroatoms. The van der Waals surface area contributed by atoms with Gasteiger partial charge in [0.25, 0.3) is 0 Å². The summed E-state index contributed by atoms with van der Waals surface area (Å²) in [5.74, 6) is -0.530. The van der Waals surface area contributed by atoms with Gasteiger partial charge < -0.3 is 9.47 Å². The lowest BCUT2D eigenvalue weighted by Crippen LogP contribution is -2.30. The molecular formula is C18H24O4. The van der Waals surface area contributed by atoms with Gasteiger partial charge in [-0.05, 0) is 44.9 Å². The molecule has 120 valence electrons. The van der Waals surface area contributed by atoms with E-state index < -0.39 is 18.2 Å². The van der Waals surface area contributed by atoms with Gasteiger partial charge in [-0.3, -0.25) is 4.79 Å². The number of hydrogen-bond acceptors (Lipinski definition) is 4. The van der Waals surface area contributed by atoms with E-state index in [0.29, 0.717) is 5.56 Å². The molecule has 0 amide bonds. The molecule has 2 atom stereocenters. The van der Waals surface area contributed by atoms with Crippen molar-refractivity contribution in [2.45, 2.75) is 40.7 Å². The van der Waals surface area contributed by atoms with Gasteiger partial charge in [-0.15, -0.1) is 0 Å². The highest BCUT2D eigenvalue weighted by Crippen LogP contribution is 2.23. The molecule has 0 N–H and O–H groups in total. The minimum atomic E-state index is -0.792. The minimum absolute atomic E-state index is 0.0398. The van der Waals surface area contributed by atoms with Crippen molar-refractivity contribution in [3.05, 3.63) is 46.5 Å². The van der Waals surface area contributed by atoms with Gasteiger partial charge in [0, 0.05) is 5.56 Å². The van der Waals surface area contributed by atoms with Gasteiger partial charge in [0.1, 0.15) is 6.10 Å². The van der Waals surface area contributed by atoms with Gasteiger partial charge in [-0.2, -0.15) is 0 Å². The van der Waals surface area contributed by atoms with Gasteiger partial charge in [-0.25, -0.2) is 4.79 Å². The summed E-state index contributed by atoms with van der Waals surface area (Å²) >= 11 is 0. The summed E-state index contributed by atoms with van der Waals surface area (Å²) < 4.78 is 9.70. The summed E-state index contributed by atoms with van der Waals surface area (Å²) in [4.78, 5) is 24.2. The van der Waals surface area contributed by atoms with Crippen LogP contribution in [-0.2, 0) is 9.47 Å². The number of benzene rings is 1. The number of methoxy groups -OCH3 is 1. The first kappa shape index (κ1) is 18.0. The molecule has 0 saturated heterocycles. The Hall–Kier alpha value is -2.10. The van der Waals surface area contributed by atoms with Crippen molar-refractivity contribution in [3.8, 4) is 0 Å². The van der Waals surface area contributed by atoms with Crippen molar-refractivity contribution in [3.63, 3.8) is 0 Å². The Labute approximate surface area is 132 Å². The molecule has 0 spiro atoms. The monoisotopic (exact) mass is 304 g/mol. The molecule has 0 aliphatic heterocycles. The quantitative estimate of drug-likeness (QED) is 0.465. The summed E-state index contributed by atoms with van der Waals surface area (Å²) in [7, 11) is 1.25. The van der Waals surface area contributed by atoms with Crippen molar-refractivity contribution >= 4 is 11.9 Å². The average Bonchev–Trinajstić information content (AvgIpc) is 2.44. The lowest BCUT2D eigenvalue weighted by atomic mass is 9.88. The van der Waals surface area contributed by atoms with Crippen LogP contribution >= 0.6 is 0 Å². The maximum atomic E-state index is 12.8. The molecule has 1 rings (SSSR count). The van der Waals surface area contributed by atoms with Crippen LogP contribution in [0, 0.1) is 26.7 Å². The van der Waals surface area contributed by atoms with E-state index in [0.717, 1.165) is 16.7 Å². The maximum Gasteiger partial charge on any atom is 0.508 e. The van der Waals surface area contributed by atoms with Crippen LogP contribution in [0.2, 0.25) is 0 Å². The minimum Gasteiger partial charge on any atom is -0.438 e. The molecule has 0 aliphatic rings. The van der Waals surface area contributed by atoms with Crippen LogP contribution in [0.25, 0.3) is 0 Å². The molecule has 0 aromatic heterocycles. The predicted molar refractivity (Wildman–Crippen MR) is 86.2 cm³/mol. The Morgan fingerprint density at radius 3 is 2.14 bits per heavy atom. The van der Waals surface area contributed by atoms with Crippen LogP contribution in [0.4, 0.5) is 4.79 Å². The van der Waals surface area contributed by atoms with Crippen LogP contribution < -0.4 is 0 Å². The molecule has 1 aromatic rings. The summed E-state index contributed by atoms with van der Waals surface area (Å²) in [5.41, 5.74) is 3.69. The van der Waals surface area contributed by atoms with Crippen molar-refractivity contribution in [1.29, 1.82) is 0 Å². The molecule has 0 heterocycles. The highest BCUT2D eigenvalue weighted by Gasteiger charge is 2.28. The zero-order valence-electron chi connectivity index (χ0n) is 14.1. The average molecular weight is 304 g/mol. The van der Waals surface area contributed by atoms with E-state index in [2.05, 4.69) is 4.74 Å². The number of hydrogen-bond donors (Lipinski definition) is 0. The SMILES string of the molecule is C/C=C/[C@H](OC(=O)OC)[C@@H](C)C(=O)c1c(C)cc(C)cc1C. The van der Waals surface area contributed by atoms with E-state index in [9.17, 15) is 9.59 Å². The lowest BCUT2D eigenvalue weighted by Gasteiger charge is -2.21. The number of ketones is 1. The fourth-order valence-electron chi connectivity index (χ4n) is 2.60. The molecule has 0 radical (unpaired) electrons. The topological polar surface area (TPSA) is 52.6 Å². The van der Waals surface area contributed by atoms with Gasteiger partial charge in [0.15, 0.2) is 5.78 Å². The fourth-order valence-corrected chi connectivity index (χ4v) is 2.60. The van der Waals surface area contributed by atoms with Gasteiger partial charge in [0.05, 0.1) is 13.0 Å². The number of rotatable bonds is 5. The second-order valence-corrected chi connectivity index (χ2v) is 5.49. The van der Waals surface area contributed by atoms with E-state index in [-0.39, 0.29) is 5.78 Å².